The quantitative estimate of drug-likeness (QED) is 0.508. The molecule has 0 saturated carbocycles. The maximum atomic E-state index is 11.1. The fraction of sp³-hybridized carbons (Fsp3) is 0.333. The van der Waals surface area contributed by atoms with Gasteiger partial charge in [0.25, 0.3) is 5.69 Å². The van der Waals surface area contributed by atoms with Crippen LogP contribution >= 0.6 is 11.3 Å². The number of hydrogen-bond donors (Lipinski definition) is 1. The fourth-order valence-corrected chi connectivity index (χ4v) is 4.38. The van der Waals surface area contributed by atoms with Crippen LogP contribution in [0.15, 0.2) is 35.8 Å². The van der Waals surface area contributed by atoms with Crippen LogP contribution in [0.2, 0.25) is 0 Å². The van der Waals surface area contributed by atoms with Crippen molar-refractivity contribution < 1.29 is 19.7 Å². The number of piperidine rings is 1. The Labute approximate surface area is 158 Å². The van der Waals surface area contributed by atoms with Crippen LogP contribution in [-0.4, -0.2) is 33.4 Å². The third kappa shape index (κ3) is 3.43. The van der Waals surface area contributed by atoms with Crippen molar-refractivity contribution in [3.05, 3.63) is 51.7 Å². The van der Waals surface area contributed by atoms with E-state index < -0.39 is 10.9 Å². The third-order valence-electron chi connectivity index (χ3n) is 5.16. The van der Waals surface area contributed by atoms with E-state index in [1.165, 1.54) is 28.4 Å². The zero-order valence-electron chi connectivity index (χ0n) is 14.5. The van der Waals surface area contributed by atoms with Gasteiger partial charge in [-0.3, -0.25) is 14.5 Å². The summed E-state index contributed by atoms with van der Waals surface area (Å²) in [4.78, 5) is 28.4. The number of imidazole rings is 1. The van der Waals surface area contributed by atoms with Crippen LogP contribution < -0.4 is 10.0 Å². The molecule has 0 spiro atoms. The monoisotopic (exact) mass is 386 g/mol. The summed E-state index contributed by atoms with van der Waals surface area (Å²) in [5.74, 6) is -1.31. The van der Waals surface area contributed by atoms with E-state index in [4.69, 9.17) is 4.98 Å². The Morgan fingerprint density at radius 1 is 1.30 bits per heavy atom. The number of nitrogens with zero attached hydrogens (tertiary/aromatic N) is 3. The maximum Gasteiger partial charge on any atom is 0.269 e. The number of carboxylic acids is 1. The fourth-order valence-electron chi connectivity index (χ4n) is 3.65. The highest BCUT2D eigenvalue weighted by atomic mass is 32.1. The first-order valence-electron chi connectivity index (χ1n) is 8.76. The second-order valence-electron chi connectivity index (χ2n) is 6.79. The zero-order valence-corrected chi connectivity index (χ0v) is 15.3. The Bertz CT molecular complexity index is 987. The predicted octanol–water partition coefficient (Wildman–Crippen LogP) is 0.516. The van der Waals surface area contributed by atoms with Crippen LogP contribution in [0.1, 0.15) is 18.5 Å². The van der Waals surface area contributed by atoms with Gasteiger partial charge in [0.05, 0.1) is 23.7 Å². The predicted molar refractivity (Wildman–Crippen MR) is 97.3 cm³/mol. The first-order valence-corrected chi connectivity index (χ1v) is 9.64. The average Bonchev–Trinajstić information content (AvgIpc) is 3.25. The van der Waals surface area contributed by atoms with Gasteiger partial charge in [0, 0.05) is 54.0 Å². The molecule has 3 aromatic rings. The van der Waals surface area contributed by atoms with Gasteiger partial charge in [-0.05, 0) is 12.1 Å². The number of nitro benzene ring substituents is 1. The van der Waals surface area contributed by atoms with Crippen LogP contribution in [0, 0.1) is 16.0 Å². The number of carboxylic acid groups (broad SMARTS) is 1. The first-order chi connectivity index (χ1) is 13.0. The van der Waals surface area contributed by atoms with E-state index in [-0.39, 0.29) is 11.6 Å². The Kier molecular flexibility index (Phi) is 4.63. The number of carbonyl (C=O) groups is 1. The van der Waals surface area contributed by atoms with Crippen molar-refractivity contribution in [1.29, 1.82) is 0 Å². The van der Waals surface area contributed by atoms with E-state index in [1.807, 2.05) is 11.6 Å². The van der Waals surface area contributed by atoms with E-state index in [9.17, 15) is 20.0 Å². The number of fused-ring (bicyclic) bond motifs is 1. The molecule has 1 aliphatic rings. The van der Waals surface area contributed by atoms with Crippen LogP contribution in [-0.2, 0) is 11.3 Å². The molecule has 0 radical (unpaired) electrons. The van der Waals surface area contributed by atoms with Gasteiger partial charge in [0.1, 0.15) is 12.2 Å². The van der Waals surface area contributed by atoms with Crippen LogP contribution in [0.4, 0.5) is 5.69 Å². The number of thiazole rings is 1. The molecule has 0 aliphatic carbocycles. The molecular weight excluding hydrogens is 368 g/mol. The first kappa shape index (κ1) is 17.6. The molecule has 1 N–H and O–H groups in total. The summed E-state index contributed by atoms with van der Waals surface area (Å²) >= 11 is 1.54. The Morgan fingerprint density at radius 3 is 2.63 bits per heavy atom. The van der Waals surface area contributed by atoms with Gasteiger partial charge in [0.2, 0.25) is 0 Å². The highest BCUT2D eigenvalue weighted by molar-refractivity contribution is 7.15. The van der Waals surface area contributed by atoms with Crippen molar-refractivity contribution >= 4 is 28.0 Å². The summed E-state index contributed by atoms with van der Waals surface area (Å²) in [6.45, 7) is 2.27. The lowest BCUT2D eigenvalue weighted by atomic mass is 9.97. The minimum Gasteiger partial charge on any atom is -0.550 e. The van der Waals surface area contributed by atoms with E-state index in [2.05, 4.69) is 4.40 Å². The van der Waals surface area contributed by atoms with Crippen molar-refractivity contribution in [1.82, 2.24) is 9.38 Å². The van der Waals surface area contributed by atoms with Gasteiger partial charge >= 0.3 is 0 Å². The molecule has 8 nitrogen and oxygen atoms in total. The number of quaternary nitrogens is 1. The smallest absolute Gasteiger partial charge is 0.269 e. The number of carbonyl (C=O) groups excluding carboxylic acids is 1. The van der Waals surface area contributed by atoms with Crippen molar-refractivity contribution in [3.8, 4) is 11.3 Å². The molecule has 1 aliphatic heterocycles. The molecule has 2 aromatic heterocycles. The molecule has 0 bridgehead atoms. The molecule has 1 saturated heterocycles. The summed E-state index contributed by atoms with van der Waals surface area (Å²) in [5, 5.41) is 23.9. The summed E-state index contributed by atoms with van der Waals surface area (Å²) < 4.78 is 2.05. The average molecular weight is 386 g/mol. The second-order valence-corrected chi connectivity index (χ2v) is 7.66. The lowest BCUT2D eigenvalue weighted by Gasteiger charge is -2.29. The number of aromatic nitrogens is 2. The minimum atomic E-state index is -0.954. The van der Waals surface area contributed by atoms with Gasteiger partial charge in [-0.25, -0.2) is 4.98 Å². The second kappa shape index (κ2) is 7.09. The van der Waals surface area contributed by atoms with E-state index >= 15 is 0 Å². The van der Waals surface area contributed by atoms with Crippen LogP contribution in [0.25, 0.3) is 16.2 Å². The van der Waals surface area contributed by atoms with E-state index in [1.54, 1.807) is 12.1 Å². The number of benzene rings is 1. The van der Waals surface area contributed by atoms with Crippen molar-refractivity contribution in [2.45, 2.75) is 19.4 Å². The Balaban J connectivity index is 1.62. The molecule has 3 heterocycles. The topological polar surface area (TPSA) is 105 Å². The number of nitrogens with one attached hydrogen (secondary N) is 1. The number of nitro groups is 1. The van der Waals surface area contributed by atoms with E-state index in [0.717, 1.165) is 41.5 Å². The summed E-state index contributed by atoms with van der Waals surface area (Å²) in [5.41, 5.74) is 2.76. The molecular formula is C18H18N4O4S. The number of rotatable bonds is 5. The van der Waals surface area contributed by atoms with Gasteiger partial charge < -0.3 is 14.8 Å². The highest BCUT2D eigenvalue weighted by Crippen LogP contribution is 2.28. The zero-order chi connectivity index (χ0) is 19.0. The molecule has 1 aromatic carbocycles. The van der Waals surface area contributed by atoms with Gasteiger partial charge in [-0.1, -0.05) is 0 Å². The van der Waals surface area contributed by atoms with Crippen molar-refractivity contribution in [2.75, 3.05) is 13.1 Å². The normalized spacial score (nSPS) is 20.0. The SMILES string of the molecule is O=C([O-])C1CC[NH+](Cc2c(-c3ccc([N+](=O)[O-])cc3)nc3sccn23)CC1. The van der Waals surface area contributed by atoms with Crippen molar-refractivity contribution in [3.63, 3.8) is 0 Å². The molecule has 0 atom stereocenters. The minimum absolute atomic E-state index is 0.0521. The Hall–Kier alpha value is -2.78. The summed E-state index contributed by atoms with van der Waals surface area (Å²) in [6, 6.07) is 6.44. The van der Waals surface area contributed by atoms with Gasteiger partial charge in [-0.15, -0.1) is 11.3 Å². The standard InChI is InChI=1S/C18H18N4O4S/c23-17(24)13-5-7-20(8-6-13)11-15-16(19-18-21(15)9-10-27-18)12-1-3-14(4-2-12)22(25)26/h1-4,9-10,13H,5-8,11H2,(H,23,24). The number of aliphatic carboxylic acids is 1. The molecule has 0 unspecified atom stereocenters. The summed E-state index contributed by atoms with van der Waals surface area (Å²) in [7, 11) is 0. The Morgan fingerprint density at radius 2 is 2.00 bits per heavy atom. The maximum absolute atomic E-state index is 11.1. The number of hydrogen-bond acceptors (Lipinski definition) is 6. The third-order valence-corrected chi connectivity index (χ3v) is 5.91. The number of likely N-dealkylation sites (tertiary alicyclic amines) is 1. The lowest BCUT2D eigenvalue weighted by molar-refractivity contribution is -0.919. The van der Waals surface area contributed by atoms with Gasteiger partial charge in [0.15, 0.2) is 4.96 Å². The highest BCUT2D eigenvalue weighted by Gasteiger charge is 2.26. The van der Waals surface area contributed by atoms with Crippen LogP contribution in [0.3, 0.4) is 0 Å². The number of non-ortho nitro benzene ring substituents is 1. The molecule has 0 amide bonds. The molecule has 9 heteroatoms. The summed E-state index contributed by atoms with van der Waals surface area (Å²) in [6.07, 6.45) is 3.22. The van der Waals surface area contributed by atoms with Crippen molar-refractivity contribution in [2.24, 2.45) is 5.92 Å². The largest absolute Gasteiger partial charge is 0.550 e. The van der Waals surface area contributed by atoms with Crippen LogP contribution in [0.5, 0.6) is 0 Å². The molecule has 1 fully saturated rings. The van der Waals surface area contributed by atoms with Gasteiger partial charge in [-0.2, -0.15) is 0 Å². The van der Waals surface area contributed by atoms with E-state index in [0.29, 0.717) is 12.8 Å². The lowest BCUT2D eigenvalue weighted by Crippen LogP contribution is -3.12. The molecule has 140 valence electrons. The molecule has 27 heavy (non-hydrogen) atoms. The molecule has 4 rings (SSSR count).